The fraction of sp³-hybridized carbons (Fsp3) is 0.728. The van der Waals surface area contributed by atoms with Crippen LogP contribution in [-0.4, -0.2) is 96.7 Å². The van der Waals surface area contributed by atoms with E-state index in [2.05, 4.69) is 113 Å². The fourth-order valence-electron chi connectivity index (χ4n) is 10.2. The van der Waals surface area contributed by atoms with Gasteiger partial charge in [-0.05, 0) is 128 Å². The molecule has 17 nitrogen and oxygen atoms in total. The molecule has 0 spiro atoms. The predicted octanol–water partition coefficient (Wildman–Crippen LogP) is 22.6. The number of phosphoric ester groups is 2. The van der Waals surface area contributed by atoms with Crippen molar-refractivity contribution in [1.82, 2.24) is 0 Å². The van der Waals surface area contributed by atoms with Crippen molar-refractivity contribution in [1.29, 1.82) is 0 Å². The van der Waals surface area contributed by atoms with Crippen LogP contribution in [0.15, 0.2) is 109 Å². The molecular weight excluding hydrogens is 1310 g/mol. The van der Waals surface area contributed by atoms with Gasteiger partial charge in [0.25, 0.3) is 0 Å². The lowest BCUT2D eigenvalue weighted by Gasteiger charge is -2.21. The Morgan fingerprint density at radius 3 is 0.840 bits per heavy atom. The van der Waals surface area contributed by atoms with Crippen molar-refractivity contribution in [2.45, 2.75) is 341 Å². The minimum Gasteiger partial charge on any atom is -0.462 e. The van der Waals surface area contributed by atoms with Gasteiger partial charge >= 0.3 is 39.5 Å². The van der Waals surface area contributed by atoms with Gasteiger partial charge in [0.1, 0.15) is 19.3 Å². The monoisotopic (exact) mass is 1450 g/mol. The summed E-state index contributed by atoms with van der Waals surface area (Å²) in [5, 5.41) is 10.6. The van der Waals surface area contributed by atoms with Gasteiger partial charge in [0, 0.05) is 25.7 Å². The highest BCUT2D eigenvalue weighted by molar-refractivity contribution is 7.47. The molecule has 0 saturated carbocycles. The van der Waals surface area contributed by atoms with Crippen molar-refractivity contribution >= 4 is 39.5 Å². The van der Waals surface area contributed by atoms with Crippen molar-refractivity contribution in [3.63, 3.8) is 0 Å². The maximum atomic E-state index is 13.1. The lowest BCUT2D eigenvalue weighted by molar-refractivity contribution is -0.161. The van der Waals surface area contributed by atoms with E-state index in [1.54, 1.807) is 0 Å². The van der Waals surface area contributed by atoms with Crippen LogP contribution < -0.4 is 0 Å². The normalized spacial score (nSPS) is 14.5. The fourth-order valence-corrected chi connectivity index (χ4v) is 11.8. The summed E-state index contributed by atoms with van der Waals surface area (Å²) in [5.74, 6) is -2.30. The number of aliphatic hydroxyl groups is 1. The van der Waals surface area contributed by atoms with Crippen LogP contribution in [0.1, 0.15) is 323 Å². The lowest BCUT2D eigenvalue weighted by Crippen LogP contribution is -2.30. The van der Waals surface area contributed by atoms with Gasteiger partial charge in [-0.1, -0.05) is 278 Å². The first kappa shape index (κ1) is 95.7. The summed E-state index contributed by atoms with van der Waals surface area (Å²) in [6.45, 7) is 4.69. The number of allylic oxidation sites excluding steroid dienone is 18. The highest BCUT2D eigenvalue weighted by atomic mass is 31.2. The smallest absolute Gasteiger partial charge is 0.462 e. The molecule has 576 valence electrons. The summed E-state index contributed by atoms with van der Waals surface area (Å²) >= 11 is 0. The van der Waals surface area contributed by atoms with Crippen LogP contribution in [0.5, 0.6) is 0 Å². The van der Waals surface area contributed by atoms with Crippen molar-refractivity contribution in [2.24, 2.45) is 0 Å². The van der Waals surface area contributed by atoms with Gasteiger partial charge in [-0.15, -0.1) is 0 Å². The standard InChI is InChI=1S/C81H140O17P2/c1-5-9-13-17-21-25-29-33-35-37-39-43-46-50-54-58-62-66-79(84)92-72-76(97-80(85)67-63-59-55-51-47-42-32-28-24-20-16-12-8-4)73-95-99(87,88)93-69-75(82)70-94-100(89,90)96-74-77(71-91-78(83)65-61-57-53-49-45-41-31-27-23-19-15-11-7-3)98-81(86)68-64-60-56-52-48-44-40-38-36-34-30-26-22-18-14-10-6-2/h21-22,25-26,28,32-36,39-40,43-44,50,52,54,56,75-77,82H,5-20,23-24,27,29-31,37-38,41-42,45-49,51,53,55,57-74H2,1-4H3,(H,87,88)(H,89,90)/b25-21-,26-22-,32-28-,35-33-,36-34-,43-39-,44-40-,54-50-,56-52-/t75-,76+,77+/m0/s1. The SMILES string of the molecule is CCCCC/C=C\C/C=C\C/C=C\C/C=C\CCCC(=O)OC[C@H](COP(=O)(O)OC[C@H](O)COP(=O)(O)OC[C@@H](COC(=O)CCCCCCCCCCCCCCC)OC(=O)CCC/C=C\C/C=C\C/C=C\C/C=C\CCCCC)OC(=O)CCCCCCC/C=C\CCCCCC. The molecule has 0 fully saturated rings. The summed E-state index contributed by atoms with van der Waals surface area (Å²) < 4.78 is 68.4. The molecule has 0 radical (unpaired) electrons. The van der Waals surface area contributed by atoms with Crippen LogP contribution in [0.25, 0.3) is 0 Å². The van der Waals surface area contributed by atoms with Gasteiger partial charge in [-0.3, -0.25) is 37.3 Å². The Kier molecular flexibility index (Phi) is 69.9. The Bertz CT molecular complexity index is 2320. The summed E-state index contributed by atoms with van der Waals surface area (Å²) in [6, 6.07) is 0. The van der Waals surface area contributed by atoms with E-state index in [1.807, 2.05) is 24.3 Å². The first-order valence-electron chi connectivity index (χ1n) is 39.1. The van der Waals surface area contributed by atoms with Crippen LogP contribution >= 0.6 is 15.6 Å². The maximum Gasteiger partial charge on any atom is 0.472 e. The number of hydrogen-bond donors (Lipinski definition) is 3. The zero-order valence-corrected chi connectivity index (χ0v) is 64.6. The molecule has 0 aliphatic carbocycles. The Balaban J connectivity index is 5.44. The molecule has 19 heteroatoms. The van der Waals surface area contributed by atoms with Crippen LogP contribution in [0.4, 0.5) is 0 Å². The van der Waals surface area contributed by atoms with Gasteiger partial charge in [0.05, 0.1) is 26.4 Å². The second kappa shape index (κ2) is 73.0. The number of rotatable bonds is 73. The van der Waals surface area contributed by atoms with E-state index in [-0.39, 0.29) is 25.7 Å². The molecule has 0 rings (SSSR count). The van der Waals surface area contributed by atoms with E-state index in [4.69, 9.17) is 37.0 Å². The number of unbranched alkanes of at least 4 members (excludes halogenated alkanes) is 29. The van der Waals surface area contributed by atoms with Crippen molar-refractivity contribution in [3.8, 4) is 0 Å². The van der Waals surface area contributed by atoms with Crippen molar-refractivity contribution < 1.29 is 80.2 Å². The van der Waals surface area contributed by atoms with Gasteiger partial charge in [-0.25, -0.2) is 9.13 Å². The summed E-state index contributed by atoms with van der Waals surface area (Å²) in [6.07, 6.45) is 78.0. The van der Waals surface area contributed by atoms with Gasteiger partial charge in [0.2, 0.25) is 0 Å². The zero-order chi connectivity index (χ0) is 73.2. The summed E-state index contributed by atoms with van der Waals surface area (Å²) in [4.78, 5) is 72.8. The molecule has 3 N–H and O–H groups in total. The van der Waals surface area contributed by atoms with Gasteiger partial charge < -0.3 is 33.8 Å². The first-order chi connectivity index (χ1) is 48.7. The highest BCUT2D eigenvalue weighted by Gasteiger charge is 2.30. The predicted molar refractivity (Wildman–Crippen MR) is 408 cm³/mol. The van der Waals surface area contributed by atoms with Crippen LogP contribution in [0.3, 0.4) is 0 Å². The molecule has 0 saturated heterocycles. The number of carbonyl (C=O) groups excluding carboxylic acids is 4. The third-order valence-electron chi connectivity index (χ3n) is 16.2. The largest absolute Gasteiger partial charge is 0.472 e. The maximum absolute atomic E-state index is 13.1. The number of esters is 4. The van der Waals surface area contributed by atoms with Crippen LogP contribution in [0, 0.1) is 0 Å². The van der Waals surface area contributed by atoms with Crippen LogP contribution in [-0.2, 0) is 65.4 Å². The van der Waals surface area contributed by atoms with E-state index >= 15 is 0 Å². The molecular formula is C81H140O17P2. The average Bonchev–Trinajstić information content (AvgIpc) is 1.93. The molecule has 0 aliphatic heterocycles. The van der Waals surface area contributed by atoms with Crippen molar-refractivity contribution in [3.05, 3.63) is 109 Å². The molecule has 0 bridgehead atoms. The quantitative estimate of drug-likeness (QED) is 0.0169. The summed E-state index contributed by atoms with van der Waals surface area (Å²) in [7, 11) is -9.98. The molecule has 2 unspecified atom stereocenters. The molecule has 0 heterocycles. The number of hydrogen-bond acceptors (Lipinski definition) is 15. The number of phosphoric acid groups is 2. The summed E-state index contributed by atoms with van der Waals surface area (Å²) in [5.41, 5.74) is 0. The van der Waals surface area contributed by atoms with Gasteiger partial charge in [-0.2, -0.15) is 0 Å². The Labute approximate surface area is 607 Å². The molecule has 5 atom stereocenters. The Morgan fingerprint density at radius 2 is 0.500 bits per heavy atom. The molecule has 0 aromatic heterocycles. The topological polar surface area (TPSA) is 237 Å². The van der Waals surface area contributed by atoms with E-state index in [0.717, 1.165) is 109 Å². The Hall–Kier alpha value is -4.28. The Morgan fingerprint density at radius 1 is 0.280 bits per heavy atom. The molecule has 0 aromatic rings. The van der Waals surface area contributed by atoms with Crippen molar-refractivity contribution in [2.75, 3.05) is 39.6 Å². The molecule has 0 amide bonds. The first-order valence-corrected chi connectivity index (χ1v) is 42.1. The van der Waals surface area contributed by atoms with E-state index in [9.17, 15) is 43.2 Å². The minimum absolute atomic E-state index is 0.0188. The molecule has 100 heavy (non-hydrogen) atoms. The second-order valence-electron chi connectivity index (χ2n) is 25.9. The number of ether oxygens (including phenoxy) is 4. The third kappa shape index (κ3) is 72.1. The highest BCUT2D eigenvalue weighted by Crippen LogP contribution is 2.45. The van der Waals surface area contributed by atoms with E-state index < -0.39 is 97.5 Å². The molecule has 0 aromatic carbocycles. The third-order valence-corrected chi connectivity index (χ3v) is 18.1. The molecule has 0 aliphatic rings. The van der Waals surface area contributed by atoms with E-state index in [0.29, 0.717) is 38.5 Å². The minimum atomic E-state index is -4.99. The lowest BCUT2D eigenvalue weighted by atomic mass is 10.0. The number of carbonyl (C=O) groups is 4. The van der Waals surface area contributed by atoms with Crippen LogP contribution in [0.2, 0.25) is 0 Å². The van der Waals surface area contributed by atoms with E-state index in [1.165, 1.54) is 122 Å². The zero-order valence-electron chi connectivity index (χ0n) is 62.8. The van der Waals surface area contributed by atoms with Gasteiger partial charge in [0.15, 0.2) is 12.2 Å². The number of aliphatic hydroxyl groups excluding tert-OH is 1. The second-order valence-corrected chi connectivity index (χ2v) is 28.9. The average molecular weight is 1450 g/mol.